The minimum atomic E-state index is -0.612. The Morgan fingerprint density at radius 2 is 1.47 bits per heavy atom. The van der Waals surface area contributed by atoms with E-state index in [2.05, 4.69) is 27.4 Å². The molecular formula is C15H28O4. The third-order valence-electron chi connectivity index (χ3n) is 1.95. The van der Waals surface area contributed by atoms with Crippen LogP contribution >= 0.6 is 0 Å². The van der Waals surface area contributed by atoms with Crippen molar-refractivity contribution in [2.45, 2.75) is 73.0 Å². The predicted octanol–water partition coefficient (Wildman–Crippen LogP) is 4.00. The van der Waals surface area contributed by atoms with Gasteiger partial charge in [-0.15, -0.1) is 0 Å². The first-order valence-corrected chi connectivity index (χ1v) is 6.50. The molecule has 0 unspecified atom stereocenters. The van der Waals surface area contributed by atoms with Gasteiger partial charge in [0.05, 0.1) is 0 Å². The molecule has 0 saturated heterocycles. The molecule has 0 aromatic rings. The number of esters is 1. The third kappa shape index (κ3) is 9.54. The van der Waals surface area contributed by atoms with E-state index in [1.807, 2.05) is 13.8 Å². The highest BCUT2D eigenvalue weighted by atomic mass is 17.2. The Hall–Kier alpha value is -1.03. The maximum atomic E-state index is 11.6. The number of rotatable bonds is 5. The van der Waals surface area contributed by atoms with Crippen molar-refractivity contribution in [3.63, 3.8) is 0 Å². The second kappa shape index (κ2) is 5.95. The van der Waals surface area contributed by atoms with Gasteiger partial charge in [0.15, 0.2) is 0 Å². The molecule has 0 rings (SSSR count). The number of carbonyl (C=O) groups is 1. The zero-order valence-corrected chi connectivity index (χ0v) is 13.5. The summed E-state index contributed by atoms with van der Waals surface area (Å²) < 4.78 is 5.12. The van der Waals surface area contributed by atoms with Gasteiger partial charge >= 0.3 is 5.97 Å². The first-order chi connectivity index (χ1) is 8.22. The minimum absolute atomic E-state index is 0.0973. The van der Waals surface area contributed by atoms with Crippen LogP contribution in [0.4, 0.5) is 0 Å². The van der Waals surface area contributed by atoms with Crippen LogP contribution in [0.25, 0.3) is 0 Å². The van der Waals surface area contributed by atoms with Crippen LogP contribution in [-0.4, -0.2) is 17.2 Å². The van der Waals surface area contributed by atoms with E-state index >= 15 is 0 Å². The quantitative estimate of drug-likeness (QED) is 0.249. The summed E-state index contributed by atoms with van der Waals surface area (Å²) in [6.45, 7) is 19.0. The van der Waals surface area contributed by atoms with Crippen molar-refractivity contribution >= 4 is 5.97 Å². The SMILES string of the molecule is C=C(OOC(C)(C)CC(C)(C)C)C(=O)OC(C)(C)C. The fourth-order valence-corrected chi connectivity index (χ4v) is 1.84. The first kappa shape index (κ1) is 18.0. The molecule has 112 valence electrons. The van der Waals surface area contributed by atoms with Crippen molar-refractivity contribution < 1.29 is 19.3 Å². The maximum Gasteiger partial charge on any atom is 0.377 e. The summed E-state index contributed by atoms with van der Waals surface area (Å²) in [5.41, 5.74) is -0.992. The first-order valence-electron chi connectivity index (χ1n) is 6.50. The number of ether oxygens (including phenoxy) is 1. The van der Waals surface area contributed by atoms with Crippen LogP contribution in [0.2, 0.25) is 0 Å². The van der Waals surface area contributed by atoms with Gasteiger partial charge in [0.25, 0.3) is 0 Å². The highest BCUT2D eigenvalue weighted by Gasteiger charge is 2.29. The van der Waals surface area contributed by atoms with Crippen LogP contribution < -0.4 is 0 Å². The van der Waals surface area contributed by atoms with Crippen molar-refractivity contribution in [2.75, 3.05) is 0 Å². The van der Waals surface area contributed by atoms with Gasteiger partial charge in [-0.2, -0.15) is 4.89 Å². The Bertz CT molecular complexity index is 329. The Balaban J connectivity index is 4.33. The van der Waals surface area contributed by atoms with E-state index in [4.69, 9.17) is 14.5 Å². The van der Waals surface area contributed by atoms with E-state index in [1.54, 1.807) is 20.8 Å². The fraction of sp³-hybridized carbons (Fsp3) is 0.800. The molecule has 0 N–H and O–H groups in total. The highest BCUT2D eigenvalue weighted by molar-refractivity contribution is 5.85. The van der Waals surface area contributed by atoms with Crippen molar-refractivity contribution in [3.05, 3.63) is 12.3 Å². The molecule has 0 aromatic carbocycles. The van der Waals surface area contributed by atoms with Crippen molar-refractivity contribution in [1.29, 1.82) is 0 Å². The second-order valence-electron chi connectivity index (χ2n) is 7.59. The van der Waals surface area contributed by atoms with E-state index < -0.39 is 17.2 Å². The van der Waals surface area contributed by atoms with E-state index in [1.165, 1.54) is 0 Å². The van der Waals surface area contributed by atoms with Crippen LogP contribution in [0.3, 0.4) is 0 Å². The van der Waals surface area contributed by atoms with Crippen LogP contribution in [0.5, 0.6) is 0 Å². The Kier molecular flexibility index (Phi) is 5.63. The largest absolute Gasteiger partial charge is 0.454 e. The normalized spacial score (nSPS) is 13.1. The summed E-state index contributed by atoms with van der Waals surface area (Å²) in [5, 5.41) is 0. The van der Waals surface area contributed by atoms with E-state index in [-0.39, 0.29) is 11.2 Å². The molecule has 0 aliphatic rings. The topological polar surface area (TPSA) is 44.8 Å². The van der Waals surface area contributed by atoms with Gasteiger partial charge in [-0.25, -0.2) is 4.79 Å². The fourth-order valence-electron chi connectivity index (χ4n) is 1.84. The molecule has 4 nitrogen and oxygen atoms in total. The lowest BCUT2D eigenvalue weighted by Gasteiger charge is -2.31. The lowest BCUT2D eigenvalue weighted by Crippen LogP contribution is -2.31. The third-order valence-corrected chi connectivity index (χ3v) is 1.95. The summed E-state index contributed by atoms with van der Waals surface area (Å²) in [7, 11) is 0. The van der Waals surface area contributed by atoms with Gasteiger partial charge in [0.2, 0.25) is 5.76 Å². The van der Waals surface area contributed by atoms with Gasteiger partial charge < -0.3 is 9.62 Å². The lowest BCUT2D eigenvalue weighted by molar-refractivity contribution is -0.331. The summed E-state index contributed by atoms with van der Waals surface area (Å²) in [6, 6.07) is 0. The average molecular weight is 272 g/mol. The summed E-state index contributed by atoms with van der Waals surface area (Å²) >= 11 is 0. The molecule has 0 atom stereocenters. The van der Waals surface area contributed by atoms with E-state index in [0.29, 0.717) is 0 Å². The number of hydrogen-bond acceptors (Lipinski definition) is 4. The van der Waals surface area contributed by atoms with E-state index in [0.717, 1.165) is 6.42 Å². The van der Waals surface area contributed by atoms with Crippen molar-refractivity contribution in [2.24, 2.45) is 5.41 Å². The molecule has 0 aliphatic carbocycles. The van der Waals surface area contributed by atoms with Gasteiger partial charge in [0, 0.05) is 0 Å². The average Bonchev–Trinajstić information content (AvgIpc) is 2.07. The molecule has 0 bridgehead atoms. The monoisotopic (exact) mass is 272 g/mol. The summed E-state index contributed by atoms with van der Waals surface area (Å²) in [6.07, 6.45) is 0.779. The zero-order chi connectivity index (χ0) is 15.5. The molecule has 0 saturated carbocycles. The highest BCUT2D eigenvalue weighted by Crippen LogP contribution is 2.30. The molecule has 0 heterocycles. The van der Waals surface area contributed by atoms with Crippen molar-refractivity contribution in [1.82, 2.24) is 0 Å². The second-order valence-corrected chi connectivity index (χ2v) is 7.59. The van der Waals surface area contributed by atoms with Gasteiger partial charge in [-0.1, -0.05) is 20.8 Å². The van der Waals surface area contributed by atoms with Gasteiger partial charge in [-0.3, -0.25) is 0 Å². The summed E-state index contributed by atoms with van der Waals surface area (Å²) in [4.78, 5) is 21.9. The molecule has 0 spiro atoms. The molecule has 0 fully saturated rings. The smallest absolute Gasteiger partial charge is 0.377 e. The standard InChI is InChI=1S/C15H28O4/c1-11(12(16)17-14(5,6)7)18-19-15(8,9)10-13(2,3)4/h1,10H2,2-9H3. The van der Waals surface area contributed by atoms with Gasteiger partial charge in [-0.05, 0) is 53.0 Å². The Morgan fingerprint density at radius 3 is 1.84 bits per heavy atom. The Morgan fingerprint density at radius 1 is 1.00 bits per heavy atom. The molecular weight excluding hydrogens is 244 g/mol. The molecule has 4 heteroatoms. The lowest BCUT2D eigenvalue weighted by atomic mass is 9.84. The molecule has 0 aliphatic heterocycles. The van der Waals surface area contributed by atoms with Crippen LogP contribution in [-0.2, 0) is 19.3 Å². The Labute approximate surface area is 117 Å². The van der Waals surface area contributed by atoms with Crippen LogP contribution in [0.15, 0.2) is 12.3 Å². The molecule has 0 aromatic heterocycles. The zero-order valence-electron chi connectivity index (χ0n) is 13.5. The summed E-state index contributed by atoms with van der Waals surface area (Å²) in [5.74, 6) is -0.754. The molecule has 0 radical (unpaired) electrons. The van der Waals surface area contributed by atoms with Gasteiger partial charge in [0.1, 0.15) is 11.2 Å². The van der Waals surface area contributed by atoms with Crippen LogP contribution in [0.1, 0.15) is 61.8 Å². The number of carbonyl (C=O) groups excluding carboxylic acids is 1. The molecule has 19 heavy (non-hydrogen) atoms. The molecule has 0 amide bonds. The van der Waals surface area contributed by atoms with Crippen LogP contribution in [0, 0.1) is 5.41 Å². The maximum absolute atomic E-state index is 11.6. The van der Waals surface area contributed by atoms with Crippen molar-refractivity contribution in [3.8, 4) is 0 Å². The predicted molar refractivity (Wildman–Crippen MR) is 75.3 cm³/mol. The minimum Gasteiger partial charge on any atom is -0.454 e. The van der Waals surface area contributed by atoms with E-state index in [9.17, 15) is 4.79 Å². The number of hydrogen-bond donors (Lipinski definition) is 0.